The molecule has 0 aliphatic carbocycles. The van der Waals surface area contributed by atoms with Gasteiger partial charge in [-0.05, 0) is 6.07 Å². The summed E-state index contributed by atoms with van der Waals surface area (Å²) in [6, 6.07) is 3.47. The molecule has 4 N–H and O–H groups in total. The summed E-state index contributed by atoms with van der Waals surface area (Å²) in [7, 11) is 3.11. The van der Waals surface area contributed by atoms with E-state index >= 15 is 0 Å². The lowest BCUT2D eigenvalue weighted by atomic mass is 10.2. The highest BCUT2D eigenvalue weighted by atomic mass is 16.5. The molecule has 2 rings (SSSR count). The number of nitrogens with zero attached hydrogens (tertiary/aromatic N) is 2. The Morgan fingerprint density at radius 1 is 1.21 bits per heavy atom. The van der Waals surface area contributed by atoms with E-state index in [1.807, 2.05) is 0 Å². The van der Waals surface area contributed by atoms with E-state index in [1.165, 1.54) is 0 Å². The largest absolute Gasteiger partial charge is 0.493 e. The van der Waals surface area contributed by atoms with Crippen LogP contribution in [0.3, 0.4) is 0 Å². The third-order valence-corrected chi connectivity index (χ3v) is 2.63. The number of nitrogen functional groups attached to an aromatic ring is 1. The summed E-state index contributed by atoms with van der Waals surface area (Å²) in [5.74, 6) is 1.85. The summed E-state index contributed by atoms with van der Waals surface area (Å²) in [5, 5.41) is 12.3. The van der Waals surface area contributed by atoms with Crippen molar-refractivity contribution in [2.75, 3.05) is 38.4 Å². The Morgan fingerprint density at radius 3 is 2.53 bits per heavy atom. The van der Waals surface area contributed by atoms with Crippen molar-refractivity contribution in [1.82, 2.24) is 9.97 Å². The van der Waals surface area contributed by atoms with Gasteiger partial charge in [0.2, 0.25) is 5.95 Å². The molecule has 0 spiro atoms. The van der Waals surface area contributed by atoms with E-state index in [-0.39, 0.29) is 6.61 Å². The highest BCUT2D eigenvalue weighted by Crippen LogP contribution is 2.33. The molecule has 0 saturated heterocycles. The number of aromatic nitrogens is 2. The minimum atomic E-state index is -0.00671. The van der Waals surface area contributed by atoms with E-state index in [2.05, 4.69) is 15.3 Å². The molecule has 1 heterocycles. The molecule has 0 amide bonds. The summed E-state index contributed by atoms with van der Waals surface area (Å²) in [5.41, 5.74) is 6.54. The van der Waals surface area contributed by atoms with Crippen LogP contribution >= 0.6 is 0 Å². The summed E-state index contributed by atoms with van der Waals surface area (Å²) in [4.78, 5) is 8.43. The van der Waals surface area contributed by atoms with Gasteiger partial charge in [-0.15, -0.1) is 0 Å². The lowest BCUT2D eigenvalue weighted by molar-refractivity contribution is 0.311. The van der Waals surface area contributed by atoms with Crippen LogP contribution in [0.1, 0.15) is 0 Å². The van der Waals surface area contributed by atoms with Crippen molar-refractivity contribution in [3.63, 3.8) is 0 Å². The number of rotatable bonds is 5. The van der Waals surface area contributed by atoms with Crippen LogP contribution in [0.25, 0.3) is 10.9 Å². The van der Waals surface area contributed by atoms with Crippen LogP contribution in [0.4, 0.5) is 11.8 Å². The van der Waals surface area contributed by atoms with Gasteiger partial charge in [0.15, 0.2) is 11.5 Å². The number of nitrogens with one attached hydrogen (secondary N) is 1. The van der Waals surface area contributed by atoms with Gasteiger partial charge in [-0.2, -0.15) is 4.98 Å². The number of benzene rings is 1. The molecule has 0 aliphatic heterocycles. The fourth-order valence-corrected chi connectivity index (χ4v) is 1.73. The first-order valence-corrected chi connectivity index (χ1v) is 5.73. The number of methoxy groups -OCH3 is 2. The van der Waals surface area contributed by atoms with E-state index in [0.717, 1.165) is 0 Å². The van der Waals surface area contributed by atoms with Crippen molar-refractivity contribution in [1.29, 1.82) is 0 Å². The van der Waals surface area contributed by atoms with Gasteiger partial charge >= 0.3 is 0 Å². The van der Waals surface area contributed by atoms with Crippen LogP contribution in [0.15, 0.2) is 12.1 Å². The maximum Gasteiger partial charge on any atom is 0.225 e. The third kappa shape index (κ3) is 2.60. The highest BCUT2D eigenvalue weighted by Gasteiger charge is 2.11. The van der Waals surface area contributed by atoms with Crippen LogP contribution in [-0.2, 0) is 0 Å². The van der Waals surface area contributed by atoms with Gasteiger partial charge in [0, 0.05) is 18.0 Å². The van der Waals surface area contributed by atoms with Crippen molar-refractivity contribution in [2.45, 2.75) is 0 Å². The topological polar surface area (TPSA) is 103 Å². The normalized spacial score (nSPS) is 10.5. The smallest absolute Gasteiger partial charge is 0.225 e. The molecular formula is C12H16N4O3. The van der Waals surface area contributed by atoms with Gasteiger partial charge < -0.3 is 25.6 Å². The van der Waals surface area contributed by atoms with Crippen molar-refractivity contribution < 1.29 is 14.6 Å². The molecule has 1 aromatic heterocycles. The zero-order valence-electron chi connectivity index (χ0n) is 10.8. The Balaban J connectivity index is 2.53. The fraction of sp³-hybridized carbons (Fsp3) is 0.333. The zero-order chi connectivity index (χ0) is 13.8. The Hall–Kier alpha value is -2.28. The molecule has 0 fully saturated rings. The molecule has 0 aliphatic rings. The summed E-state index contributed by atoms with van der Waals surface area (Å²) in [6.07, 6.45) is 0. The molecule has 7 heteroatoms. The molecule has 7 nitrogen and oxygen atoms in total. The van der Waals surface area contributed by atoms with Gasteiger partial charge in [0.1, 0.15) is 5.82 Å². The molecule has 1 aromatic carbocycles. The van der Waals surface area contributed by atoms with E-state index in [1.54, 1.807) is 26.4 Å². The predicted molar refractivity (Wildman–Crippen MR) is 72.6 cm³/mol. The van der Waals surface area contributed by atoms with Crippen LogP contribution < -0.4 is 20.5 Å². The van der Waals surface area contributed by atoms with Gasteiger partial charge in [-0.25, -0.2) is 4.98 Å². The molecule has 2 aromatic rings. The summed E-state index contributed by atoms with van der Waals surface area (Å²) < 4.78 is 10.4. The minimum absolute atomic E-state index is 0.00671. The van der Waals surface area contributed by atoms with Crippen molar-refractivity contribution in [2.24, 2.45) is 0 Å². The second kappa shape index (κ2) is 5.57. The van der Waals surface area contributed by atoms with Crippen LogP contribution in [0, 0.1) is 0 Å². The van der Waals surface area contributed by atoms with E-state index in [9.17, 15) is 0 Å². The van der Waals surface area contributed by atoms with E-state index in [4.69, 9.17) is 20.3 Å². The van der Waals surface area contributed by atoms with E-state index < -0.39 is 0 Å². The Bertz CT molecular complexity index is 589. The van der Waals surface area contributed by atoms with Crippen LogP contribution in [-0.4, -0.2) is 42.4 Å². The predicted octanol–water partition coefficient (Wildman–Crippen LogP) is 0.633. The first-order valence-electron chi connectivity index (χ1n) is 5.73. The Kier molecular flexibility index (Phi) is 3.86. The van der Waals surface area contributed by atoms with Crippen molar-refractivity contribution in [3.8, 4) is 11.5 Å². The molecule has 0 bridgehead atoms. The van der Waals surface area contributed by atoms with Gasteiger partial charge in [0.25, 0.3) is 0 Å². The number of fused-ring (bicyclic) bond motifs is 1. The second-order valence-electron chi connectivity index (χ2n) is 3.81. The van der Waals surface area contributed by atoms with Gasteiger partial charge in [-0.3, -0.25) is 0 Å². The number of hydrogen-bond acceptors (Lipinski definition) is 7. The van der Waals surface area contributed by atoms with Crippen LogP contribution in [0.5, 0.6) is 11.5 Å². The lowest BCUT2D eigenvalue weighted by Crippen LogP contribution is -2.10. The molecule has 102 valence electrons. The molecule has 19 heavy (non-hydrogen) atoms. The highest BCUT2D eigenvalue weighted by molar-refractivity contribution is 5.91. The molecule has 0 atom stereocenters. The molecule has 0 unspecified atom stereocenters. The summed E-state index contributed by atoms with van der Waals surface area (Å²) >= 11 is 0. The molecular weight excluding hydrogens is 248 g/mol. The minimum Gasteiger partial charge on any atom is -0.493 e. The standard InChI is InChI=1S/C12H16N4O3/c1-18-9-5-7-8(6-10(9)19-2)15-12(14-3-4-17)16-11(7)13/h5-6,17H,3-4H2,1-2H3,(H3,13,14,15,16). The maximum atomic E-state index is 8.77. The average Bonchev–Trinajstić information content (AvgIpc) is 2.43. The number of anilines is 2. The maximum absolute atomic E-state index is 8.77. The quantitative estimate of drug-likeness (QED) is 0.728. The van der Waals surface area contributed by atoms with Crippen LogP contribution in [0.2, 0.25) is 0 Å². The summed E-state index contributed by atoms with van der Waals surface area (Å²) in [6.45, 7) is 0.353. The molecule has 0 saturated carbocycles. The first kappa shape index (κ1) is 13.2. The Morgan fingerprint density at radius 2 is 1.89 bits per heavy atom. The lowest BCUT2D eigenvalue weighted by Gasteiger charge is -2.11. The number of nitrogens with two attached hydrogens (primary N) is 1. The SMILES string of the molecule is COc1cc2nc(NCCO)nc(N)c2cc1OC. The fourth-order valence-electron chi connectivity index (χ4n) is 1.73. The zero-order valence-corrected chi connectivity index (χ0v) is 10.8. The number of ether oxygens (including phenoxy) is 2. The average molecular weight is 264 g/mol. The van der Waals surface area contributed by atoms with E-state index in [0.29, 0.717) is 40.7 Å². The number of aliphatic hydroxyl groups excluding tert-OH is 1. The third-order valence-electron chi connectivity index (χ3n) is 2.63. The second-order valence-corrected chi connectivity index (χ2v) is 3.81. The molecule has 0 radical (unpaired) electrons. The van der Waals surface area contributed by atoms with Gasteiger partial charge in [0.05, 0.1) is 26.3 Å². The number of hydrogen-bond donors (Lipinski definition) is 3. The number of aliphatic hydroxyl groups is 1. The monoisotopic (exact) mass is 264 g/mol. The van der Waals surface area contributed by atoms with Crippen molar-refractivity contribution in [3.05, 3.63) is 12.1 Å². The van der Waals surface area contributed by atoms with Crippen molar-refractivity contribution >= 4 is 22.7 Å². The first-order chi connectivity index (χ1) is 9.19. The van der Waals surface area contributed by atoms with Gasteiger partial charge in [-0.1, -0.05) is 0 Å². The Labute approximate surface area is 110 Å².